The van der Waals surface area contributed by atoms with Gasteiger partial charge in [0.25, 0.3) is 5.69 Å². The van der Waals surface area contributed by atoms with Crippen molar-refractivity contribution in [3.05, 3.63) is 51.8 Å². The monoisotopic (exact) mass is 370 g/mol. The van der Waals surface area contributed by atoms with Crippen LogP contribution in [0.25, 0.3) is 10.6 Å². The Bertz CT molecular complexity index is 956. The molecule has 0 radical (unpaired) electrons. The number of anilines is 3. The zero-order valence-corrected chi connectivity index (χ0v) is 15.4. The third-order valence-corrected chi connectivity index (χ3v) is 4.81. The fourth-order valence-corrected chi connectivity index (χ4v) is 3.42. The second-order valence-corrected chi connectivity index (χ2v) is 6.61. The number of aryl methyl sites for hydroxylation is 2. The van der Waals surface area contributed by atoms with Crippen LogP contribution in [0, 0.1) is 24.0 Å². The molecule has 1 aromatic carbocycles. The van der Waals surface area contributed by atoms with Crippen molar-refractivity contribution >= 4 is 33.8 Å². The van der Waals surface area contributed by atoms with Crippen molar-refractivity contribution in [1.82, 2.24) is 15.0 Å². The lowest BCUT2D eigenvalue weighted by Gasteiger charge is -2.07. The van der Waals surface area contributed by atoms with Gasteiger partial charge in [-0.3, -0.25) is 10.1 Å². The summed E-state index contributed by atoms with van der Waals surface area (Å²) in [6.07, 6.45) is 1.65. The van der Waals surface area contributed by atoms with Gasteiger partial charge in [0.1, 0.15) is 0 Å². The maximum Gasteiger partial charge on any atom is 0.274 e. The van der Waals surface area contributed by atoms with Gasteiger partial charge in [0.2, 0.25) is 5.95 Å². The van der Waals surface area contributed by atoms with E-state index in [1.807, 2.05) is 19.9 Å². The topological polar surface area (TPSA) is 106 Å². The Balaban J connectivity index is 1.88. The molecule has 0 fully saturated rings. The second-order valence-electron chi connectivity index (χ2n) is 5.61. The van der Waals surface area contributed by atoms with Gasteiger partial charge in [0.05, 0.1) is 21.2 Å². The highest BCUT2D eigenvalue weighted by Crippen LogP contribution is 2.32. The maximum atomic E-state index is 11.1. The standard InChI is InChI=1S/C17H18N6O2S/c1-4-18-17-20-11(3)15(26-17)13-7-8-19-16(22-13)21-12-6-5-10(2)14(9-12)23(24)25/h5-9H,4H2,1-3H3,(H,18,20)(H,19,21,22). The van der Waals surface area contributed by atoms with Crippen LogP contribution < -0.4 is 10.6 Å². The predicted molar refractivity (Wildman–Crippen MR) is 103 cm³/mol. The number of benzene rings is 1. The molecular formula is C17H18N6O2S. The Morgan fingerprint density at radius 3 is 2.77 bits per heavy atom. The number of nitrogens with one attached hydrogen (secondary N) is 2. The van der Waals surface area contributed by atoms with Crippen LogP contribution in [0.3, 0.4) is 0 Å². The number of thiazole rings is 1. The summed E-state index contributed by atoms with van der Waals surface area (Å²) < 4.78 is 0. The molecule has 3 rings (SSSR count). The quantitative estimate of drug-likeness (QED) is 0.492. The van der Waals surface area contributed by atoms with Crippen molar-refractivity contribution in [1.29, 1.82) is 0 Å². The molecule has 0 saturated carbocycles. The Labute approximate surface area is 154 Å². The highest BCUT2D eigenvalue weighted by molar-refractivity contribution is 7.19. The second kappa shape index (κ2) is 7.44. The average Bonchev–Trinajstić information content (AvgIpc) is 2.97. The summed E-state index contributed by atoms with van der Waals surface area (Å²) in [6.45, 7) is 6.46. The van der Waals surface area contributed by atoms with E-state index < -0.39 is 4.92 Å². The van der Waals surface area contributed by atoms with Crippen LogP contribution in [-0.4, -0.2) is 26.4 Å². The van der Waals surface area contributed by atoms with Crippen LogP contribution in [0.15, 0.2) is 30.5 Å². The SMILES string of the molecule is CCNc1nc(C)c(-c2ccnc(Nc3ccc(C)c([N+](=O)[O-])c3)n2)s1. The molecule has 0 atom stereocenters. The first kappa shape index (κ1) is 17.7. The Hall–Kier alpha value is -3.07. The number of nitro groups is 1. The number of rotatable bonds is 6. The molecule has 9 heteroatoms. The van der Waals surface area contributed by atoms with E-state index in [-0.39, 0.29) is 5.69 Å². The summed E-state index contributed by atoms with van der Waals surface area (Å²) in [5.74, 6) is 0.374. The van der Waals surface area contributed by atoms with Crippen LogP contribution in [0.1, 0.15) is 18.2 Å². The van der Waals surface area contributed by atoms with Gasteiger partial charge in [-0.15, -0.1) is 0 Å². The van der Waals surface area contributed by atoms with Gasteiger partial charge in [0.15, 0.2) is 5.13 Å². The Morgan fingerprint density at radius 1 is 1.23 bits per heavy atom. The summed E-state index contributed by atoms with van der Waals surface area (Å²) in [7, 11) is 0. The van der Waals surface area contributed by atoms with Crippen LogP contribution in [0.4, 0.5) is 22.5 Å². The number of nitrogens with zero attached hydrogens (tertiary/aromatic N) is 4. The van der Waals surface area contributed by atoms with Crippen LogP contribution >= 0.6 is 11.3 Å². The summed E-state index contributed by atoms with van der Waals surface area (Å²) in [5.41, 5.74) is 2.87. The van der Waals surface area contributed by atoms with Gasteiger partial charge in [-0.25, -0.2) is 15.0 Å². The van der Waals surface area contributed by atoms with Crippen LogP contribution in [0.5, 0.6) is 0 Å². The minimum absolute atomic E-state index is 0.0553. The molecule has 8 nitrogen and oxygen atoms in total. The molecule has 0 amide bonds. The van der Waals surface area contributed by atoms with E-state index in [1.165, 1.54) is 17.4 Å². The molecule has 0 unspecified atom stereocenters. The summed E-state index contributed by atoms with van der Waals surface area (Å²) in [6, 6.07) is 6.76. The predicted octanol–water partition coefficient (Wildman–Crippen LogP) is 4.30. The maximum absolute atomic E-state index is 11.1. The normalized spacial score (nSPS) is 10.6. The number of hydrogen-bond donors (Lipinski definition) is 2. The van der Waals surface area contributed by atoms with E-state index in [2.05, 4.69) is 25.6 Å². The van der Waals surface area contributed by atoms with E-state index in [0.29, 0.717) is 17.2 Å². The first-order valence-corrected chi connectivity index (χ1v) is 8.86. The van der Waals surface area contributed by atoms with E-state index >= 15 is 0 Å². The highest BCUT2D eigenvalue weighted by Gasteiger charge is 2.14. The minimum atomic E-state index is -0.402. The molecular weight excluding hydrogens is 352 g/mol. The Kier molecular flexibility index (Phi) is 5.08. The lowest BCUT2D eigenvalue weighted by atomic mass is 10.2. The third-order valence-electron chi connectivity index (χ3n) is 3.67. The molecule has 0 bridgehead atoms. The van der Waals surface area contributed by atoms with Gasteiger partial charge in [0, 0.05) is 30.1 Å². The minimum Gasteiger partial charge on any atom is -0.362 e. The largest absolute Gasteiger partial charge is 0.362 e. The number of hydrogen-bond acceptors (Lipinski definition) is 8. The zero-order valence-electron chi connectivity index (χ0n) is 14.6. The van der Waals surface area contributed by atoms with Crippen molar-refractivity contribution in [2.45, 2.75) is 20.8 Å². The molecule has 26 heavy (non-hydrogen) atoms. The molecule has 134 valence electrons. The average molecular weight is 370 g/mol. The van der Waals surface area contributed by atoms with Crippen molar-refractivity contribution in [3.63, 3.8) is 0 Å². The van der Waals surface area contributed by atoms with Crippen molar-refractivity contribution in [2.75, 3.05) is 17.2 Å². The molecule has 0 aliphatic heterocycles. The fourth-order valence-electron chi connectivity index (χ4n) is 2.42. The van der Waals surface area contributed by atoms with Gasteiger partial charge in [-0.1, -0.05) is 17.4 Å². The van der Waals surface area contributed by atoms with Crippen LogP contribution in [-0.2, 0) is 0 Å². The first-order valence-electron chi connectivity index (χ1n) is 8.04. The molecule has 2 N–H and O–H groups in total. The van der Waals surface area contributed by atoms with E-state index in [9.17, 15) is 10.1 Å². The van der Waals surface area contributed by atoms with E-state index in [4.69, 9.17) is 0 Å². The highest BCUT2D eigenvalue weighted by atomic mass is 32.1. The van der Waals surface area contributed by atoms with Gasteiger partial charge < -0.3 is 10.6 Å². The number of nitro benzene ring substituents is 1. The molecule has 2 heterocycles. The molecule has 0 aliphatic carbocycles. The smallest absolute Gasteiger partial charge is 0.274 e. The van der Waals surface area contributed by atoms with Crippen molar-refractivity contribution in [2.24, 2.45) is 0 Å². The molecule has 3 aromatic rings. The van der Waals surface area contributed by atoms with Gasteiger partial charge in [-0.2, -0.15) is 0 Å². The van der Waals surface area contributed by atoms with Gasteiger partial charge in [-0.05, 0) is 32.9 Å². The summed E-state index contributed by atoms with van der Waals surface area (Å²) in [4.78, 5) is 24.9. The van der Waals surface area contributed by atoms with E-state index in [1.54, 1.807) is 25.3 Å². The lowest BCUT2D eigenvalue weighted by molar-refractivity contribution is -0.385. The lowest BCUT2D eigenvalue weighted by Crippen LogP contribution is -1.99. The molecule has 2 aromatic heterocycles. The molecule has 0 aliphatic rings. The van der Waals surface area contributed by atoms with E-state index in [0.717, 1.165) is 27.9 Å². The summed E-state index contributed by atoms with van der Waals surface area (Å²) >= 11 is 1.53. The van der Waals surface area contributed by atoms with Crippen molar-refractivity contribution < 1.29 is 4.92 Å². The fraction of sp³-hybridized carbons (Fsp3) is 0.235. The van der Waals surface area contributed by atoms with Gasteiger partial charge >= 0.3 is 0 Å². The van der Waals surface area contributed by atoms with Crippen molar-refractivity contribution in [3.8, 4) is 10.6 Å². The zero-order chi connectivity index (χ0) is 18.7. The van der Waals surface area contributed by atoms with Crippen LogP contribution in [0.2, 0.25) is 0 Å². The molecule has 0 saturated heterocycles. The first-order chi connectivity index (χ1) is 12.5. The summed E-state index contributed by atoms with van der Waals surface area (Å²) in [5, 5.41) is 18.2. The third kappa shape index (κ3) is 3.77. The number of aromatic nitrogens is 3. The molecule has 0 spiro atoms. The Morgan fingerprint density at radius 2 is 2.04 bits per heavy atom.